The van der Waals surface area contributed by atoms with E-state index in [4.69, 9.17) is 10.5 Å². The molecule has 0 aromatic heterocycles. The van der Waals surface area contributed by atoms with E-state index in [1.165, 1.54) is 11.1 Å². The van der Waals surface area contributed by atoms with Crippen LogP contribution in [-0.2, 0) is 11.2 Å². The number of benzene rings is 1. The molecule has 0 saturated heterocycles. The van der Waals surface area contributed by atoms with Crippen LogP contribution in [-0.4, -0.2) is 25.1 Å². The van der Waals surface area contributed by atoms with Gasteiger partial charge in [-0.2, -0.15) is 0 Å². The molecule has 0 spiro atoms. The second kappa shape index (κ2) is 5.12. The maximum Gasteiger partial charge on any atom is 0.188 e. The van der Waals surface area contributed by atoms with Crippen LogP contribution >= 0.6 is 0 Å². The van der Waals surface area contributed by atoms with Crippen LogP contribution in [0.2, 0.25) is 0 Å². The largest absolute Gasteiger partial charge is 0.475 e. The highest BCUT2D eigenvalue weighted by atomic mass is 16.5. The Morgan fingerprint density at radius 2 is 2.38 bits per heavy atom. The minimum absolute atomic E-state index is 0.199. The van der Waals surface area contributed by atoms with E-state index in [2.05, 4.69) is 36.2 Å². The molecule has 1 unspecified atom stereocenters. The fourth-order valence-corrected chi connectivity index (χ4v) is 1.90. The van der Waals surface area contributed by atoms with Crippen LogP contribution < -0.4 is 5.73 Å². The van der Waals surface area contributed by atoms with Gasteiger partial charge in [-0.15, -0.1) is 0 Å². The van der Waals surface area contributed by atoms with Crippen molar-refractivity contribution in [2.75, 3.05) is 13.1 Å². The molecule has 0 radical (unpaired) electrons. The monoisotopic (exact) mass is 218 g/mol. The number of nitrogens with zero attached hydrogens (tertiary/aromatic N) is 1. The first-order chi connectivity index (χ1) is 7.78. The number of aryl methyl sites for hydroxylation is 1. The molecule has 16 heavy (non-hydrogen) atoms. The highest BCUT2D eigenvalue weighted by molar-refractivity contribution is 5.80. The smallest absolute Gasteiger partial charge is 0.188 e. The zero-order valence-corrected chi connectivity index (χ0v) is 9.65. The molecule has 0 saturated carbocycles. The van der Waals surface area contributed by atoms with E-state index in [-0.39, 0.29) is 6.10 Å². The Bertz CT molecular complexity index is 387. The summed E-state index contributed by atoms with van der Waals surface area (Å²) in [5.41, 5.74) is 8.02. The van der Waals surface area contributed by atoms with E-state index in [1.54, 1.807) is 0 Å². The Morgan fingerprint density at radius 3 is 3.12 bits per heavy atom. The van der Waals surface area contributed by atoms with Crippen LogP contribution in [0.3, 0.4) is 0 Å². The molecule has 0 amide bonds. The molecule has 1 heterocycles. The summed E-state index contributed by atoms with van der Waals surface area (Å²) in [6, 6.07) is 8.44. The van der Waals surface area contributed by atoms with E-state index < -0.39 is 0 Å². The van der Waals surface area contributed by atoms with Gasteiger partial charge in [0.15, 0.2) is 5.90 Å². The SMILES string of the molecule is Cc1cccc(CC2=NCC(CCN)O2)c1. The third-order valence-corrected chi connectivity index (χ3v) is 2.70. The van der Waals surface area contributed by atoms with Crippen LogP contribution in [0, 0.1) is 6.92 Å². The molecule has 1 aliphatic heterocycles. The topological polar surface area (TPSA) is 47.6 Å². The molecule has 1 aliphatic rings. The third kappa shape index (κ3) is 2.83. The first-order valence-electron chi connectivity index (χ1n) is 5.73. The lowest BCUT2D eigenvalue weighted by atomic mass is 10.1. The second-order valence-electron chi connectivity index (χ2n) is 4.22. The summed E-state index contributed by atoms with van der Waals surface area (Å²) >= 11 is 0. The molecule has 0 fully saturated rings. The van der Waals surface area contributed by atoms with Crippen molar-refractivity contribution in [3.8, 4) is 0 Å². The highest BCUT2D eigenvalue weighted by Gasteiger charge is 2.18. The lowest BCUT2D eigenvalue weighted by molar-refractivity contribution is 0.212. The summed E-state index contributed by atoms with van der Waals surface area (Å²) in [5.74, 6) is 0.851. The van der Waals surface area contributed by atoms with Gasteiger partial charge in [-0.25, -0.2) is 0 Å². The summed E-state index contributed by atoms with van der Waals surface area (Å²) in [6.07, 6.45) is 1.88. The zero-order chi connectivity index (χ0) is 11.4. The number of ether oxygens (including phenoxy) is 1. The van der Waals surface area contributed by atoms with Gasteiger partial charge in [0.1, 0.15) is 6.10 Å². The Labute approximate surface area is 96.3 Å². The predicted molar refractivity (Wildman–Crippen MR) is 65.7 cm³/mol. The molecular weight excluding hydrogens is 200 g/mol. The van der Waals surface area contributed by atoms with E-state index in [0.717, 1.165) is 25.3 Å². The number of hydrogen-bond donors (Lipinski definition) is 1. The van der Waals surface area contributed by atoms with Crippen LogP contribution in [0.1, 0.15) is 17.5 Å². The van der Waals surface area contributed by atoms with Gasteiger partial charge in [0.2, 0.25) is 0 Å². The highest BCUT2D eigenvalue weighted by Crippen LogP contribution is 2.13. The Morgan fingerprint density at radius 1 is 1.50 bits per heavy atom. The summed E-state index contributed by atoms with van der Waals surface area (Å²) in [7, 11) is 0. The molecule has 2 rings (SSSR count). The van der Waals surface area contributed by atoms with Crippen molar-refractivity contribution in [2.24, 2.45) is 10.7 Å². The summed E-state index contributed by atoms with van der Waals surface area (Å²) < 4.78 is 5.72. The van der Waals surface area contributed by atoms with Crippen molar-refractivity contribution in [1.29, 1.82) is 0 Å². The number of aliphatic imine (C=N–C) groups is 1. The fraction of sp³-hybridized carbons (Fsp3) is 0.462. The molecule has 3 heteroatoms. The van der Waals surface area contributed by atoms with Gasteiger partial charge in [-0.3, -0.25) is 4.99 Å². The summed E-state index contributed by atoms with van der Waals surface area (Å²) in [6.45, 7) is 3.52. The minimum atomic E-state index is 0.199. The van der Waals surface area contributed by atoms with Crippen molar-refractivity contribution in [1.82, 2.24) is 0 Å². The molecule has 1 aromatic rings. The third-order valence-electron chi connectivity index (χ3n) is 2.70. The van der Waals surface area contributed by atoms with Gasteiger partial charge in [-0.1, -0.05) is 29.8 Å². The van der Waals surface area contributed by atoms with Crippen molar-refractivity contribution in [3.63, 3.8) is 0 Å². The quantitative estimate of drug-likeness (QED) is 0.836. The maximum absolute atomic E-state index is 5.72. The second-order valence-corrected chi connectivity index (χ2v) is 4.22. The van der Waals surface area contributed by atoms with Crippen molar-refractivity contribution in [2.45, 2.75) is 25.9 Å². The molecule has 0 bridgehead atoms. The molecule has 86 valence electrons. The molecule has 2 N–H and O–H groups in total. The average molecular weight is 218 g/mol. The lowest BCUT2D eigenvalue weighted by Crippen LogP contribution is -2.18. The molecule has 0 aliphatic carbocycles. The average Bonchev–Trinajstić information content (AvgIpc) is 2.66. The van der Waals surface area contributed by atoms with Crippen LogP contribution in [0.15, 0.2) is 29.3 Å². The normalized spacial score (nSPS) is 19.4. The van der Waals surface area contributed by atoms with Crippen LogP contribution in [0.4, 0.5) is 0 Å². The summed E-state index contributed by atoms with van der Waals surface area (Å²) in [5, 5.41) is 0. The summed E-state index contributed by atoms with van der Waals surface area (Å²) in [4.78, 5) is 4.40. The zero-order valence-electron chi connectivity index (χ0n) is 9.65. The first kappa shape index (κ1) is 11.1. The van der Waals surface area contributed by atoms with Gasteiger partial charge in [0.05, 0.1) is 6.54 Å². The van der Waals surface area contributed by atoms with E-state index in [1.807, 2.05) is 0 Å². The van der Waals surface area contributed by atoms with Gasteiger partial charge in [-0.05, 0) is 25.5 Å². The molecule has 3 nitrogen and oxygen atoms in total. The Balaban J connectivity index is 1.92. The standard InChI is InChI=1S/C13H18N2O/c1-10-3-2-4-11(7-10)8-13-15-9-12(16-13)5-6-14/h2-4,7,12H,5-6,8-9,14H2,1H3. The molecule has 1 atom stereocenters. The first-order valence-corrected chi connectivity index (χ1v) is 5.73. The Kier molecular flexibility index (Phi) is 3.57. The van der Waals surface area contributed by atoms with Crippen LogP contribution in [0.5, 0.6) is 0 Å². The van der Waals surface area contributed by atoms with Gasteiger partial charge in [0.25, 0.3) is 0 Å². The van der Waals surface area contributed by atoms with Crippen LogP contribution in [0.25, 0.3) is 0 Å². The van der Waals surface area contributed by atoms with Crippen molar-refractivity contribution < 1.29 is 4.74 Å². The minimum Gasteiger partial charge on any atom is -0.475 e. The van der Waals surface area contributed by atoms with Gasteiger partial charge in [0, 0.05) is 6.42 Å². The molecule has 1 aromatic carbocycles. The van der Waals surface area contributed by atoms with E-state index in [0.29, 0.717) is 6.54 Å². The number of nitrogens with two attached hydrogens (primary N) is 1. The number of rotatable bonds is 4. The fourth-order valence-electron chi connectivity index (χ4n) is 1.90. The predicted octanol–water partition coefficient (Wildman–Crippen LogP) is 1.68. The van der Waals surface area contributed by atoms with Gasteiger partial charge < -0.3 is 10.5 Å². The van der Waals surface area contributed by atoms with E-state index >= 15 is 0 Å². The van der Waals surface area contributed by atoms with Crippen molar-refractivity contribution >= 4 is 5.90 Å². The number of hydrogen-bond acceptors (Lipinski definition) is 3. The Hall–Kier alpha value is -1.35. The van der Waals surface area contributed by atoms with Gasteiger partial charge >= 0.3 is 0 Å². The van der Waals surface area contributed by atoms with Crippen molar-refractivity contribution in [3.05, 3.63) is 35.4 Å². The molecular formula is C13H18N2O. The van der Waals surface area contributed by atoms with E-state index in [9.17, 15) is 0 Å². The maximum atomic E-state index is 5.72. The lowest BCUT2D eigenvalue weighted by Gasteiger charge is -2.09.